The number of carbonyl (C=O) groups is 1. The maximum Gasteiger partial charge on any atom is 0.339 e. The fraction of sp³-hybridized carbons (Fsp3) is 0.500. The van der Waals surface area contributed by atoms with Gasteiger partial charge < -0.3 is 16.0 Å². The average molecular weight is 387 g/mol. The number of anilines is 1. The van der Waals surface area contributed by atoms with E-state index in [9.17, 15) is 10.0 Å². The van der Waals surface area contributed by atoms with E-state index < -0.39 is 6.03 Å². The molecule has 0 bridgehead atoms. The molecule has 0 spiro atoms. The number of aliphatic imine (C=N–C) groups is 1. The summed E-state index contributed by atoms with van der Waals surface area (Å²) in [5, 5.41) is 13.7. The summed E-state index contributed by atoms with van der Waals surface area (Å²) in [6, 6.07) is 1.81. The lowest BCUT2D eigenvalue weighted by molar-refractivity contribution is -0.0799. The molecule has 152 valence electrons. The topological polar surface area (TPSA) is 106 Å². The van der Waals surface area contributed by atoms with Crippen molar-refractivity contribution in [2.24, 2.45) is 10.7 Å². The number of hydrogen-bond acceptors (Lipinski definition) is 6. The number of allylic oxidation sites excluding steroid dienone is 1. The number of amides is 2. The summed E-state index contributed by atoms with van der Waals surface area (Å²) in [6.07, 6.45) is 8.94. The minimum absolute atomic E-state index is 0.192. The zero-order chi connectivity index (χ0) is 20.1. The predicted molar refractivity (Wildman–Crippen MR) is 110 cm³/mol. The first kappa shape index (κ1) is 20.2. The van der Waals surface area contributed by atoms with Crippen molar-refractivity contribution in [1.29, 1.82) is 0 Å². The molecule has 8 heteroatoms. The Morgan fingerprint density at radius 3 is 2.43 bits per heavy atom. The number of aryl methyl sites for hydroxylation is 2. The Labute approximate surface area is 166 Å². The van der Waals surface area contributed by atoms with Gasteiger partial charge in [-0.2, -0.15) is 5.17 Å². The van der Waals surface area contributed by atoms with Crippen LogP contribution in [0.1, 0.15) is 35.1 Å². The van der Waals surface area contributed by atoms with E-state index in [0.717, 1.165) is 50.8 Å². The van der Waals surface area contributed by atoms with Crippen molar-refractivity contribution in [2.75, 3.05) is 32.5 Å². The molecule has 2 aliphatic carbocycles. The maximum absolute atomic E-state index is 12.5. The molecule has 0 heterocycles. The Hall–Kier alpha value is -2.58. The third-order valence-corrected chi connectivity index (χ3v) is 5.23. The molecule has 0 fully saturated rings. The Kier molecular flexibility index (Phi) is 6.53. The van der Waals surface area contributed by atoms with Crippen molar-refractivity contribution in [1.82, 2.24) is 15.5 Å². The lowest BCUT2D eigenvalue weighted by Gasteiger charge is -2.20. The van der Waals surface area contributed by atoms with Crippen LogP contribution >= 0.6 is 0 Å². The molecule has 0 aliphatic heterocycles. The number of likely N-dealkylation sites (N-methyl/N-ethyl adjacent to an activating group) is 1. The van der Waals surface area contributed by atoms with Gasteiger partial charge in [0.15, 0.2) is 0 Å². The standard InChI is InChI=1S/C20H30N6O2/c1-25(2)10-9-22-13-16(12-21)26(28)24-20(27)23-19-17-7-3-5-14(17)11-15-6-4-8-18(15)19/h11-13,28H,3-10,21H2,1-2H3,(H2,23,24,27)/b16-12+,22-13?. The number of fused-ring (bicyclic) bond motifs is 2. The summed E-state index contributed by atoms with van der Waals surface area (Å²) in [4.78, 5) is 18.7. The van der Waals surface area contributed by atoms with E-state index in [-0.39, 0.29) is 5.70 Å². The van der Waals surface area contributed by atoms with Gasteiger partial charge in [-0.3, -0.25) is 10.2 Å². The third-order valence-electron chi connectivity index (χ3n) is 5.23. The molecule has 0 saturated heterocycles. The Morgan fingerprint density at radius 1 is 1.21 bits per heavy atom. The molecule has 1 aromatic rings. The van der Waals surface area contributed by atoms with E-state index in [4.69, 9.17) is 5.73 Å². The van der Waals surface area contributed by atoms with Gasteiger partial charge in [0.05, 0.1) is 12.8 Å². The SMILES string of the molecule is CN(C)CCN=C/C(=C\N)N(O)NC(=O)Nc1c2c(cc3c1CCC3)CCC2. The van der Waals surface area contributed by atoms with Crippen molar-refractivity contribution in [2.45, 2.75) is 38.5 Å². The highest BCUT2D eigenvalue weighted by atomic mass is 16.5. The molecule has 0 saturated carbocycles. The second-order valence-electron chi connectivity index (χ2n) is 7.54. The van der Waals surface area contributed by atoms with Crippen LogP contribution in [0, 0.1) is 0 Å². The van der Waals surface area contributed by atoms with Crippen LogP contribution in [0.25, 0.3) is 0 Å². The Morgan fingerprint density at radius 2 is 1.86 bits per heavy atom. The Bertz CT molecular complexity index is 755. The van der Waals surface area contributed by atoms with Gasteiger partial charge in [0, 0.05) is 18.4 Å². The van der Waals surface area contributed by atoms with Gasteiger partial charge in [0.2, 0.25) is 0 Å². The number of urea groups is 1. The lowest BCUT2D eigenvalue weighted by Crippen LogP contribution is -2.42. The molecule has 8 nitrogen and oxygen atoms in total. The monoisotopic (exact) mass is 386 g/mol. The summed E-state index contributed by atoms with van der Waals surface area (Å²) >= 11 is 0. The molecule has 28 heavy (non-hydrogen) atoms. The summed E-state index contributed by atoms with van der Waals surface area (Å²) in [6.45, 7) is 1.34. The summed E-state index contributed by atoms with van der Waals surface area (Å²) in [5.41, 5.74) is 14.2. The minimum Gasteiger partial charge on any atom is -0.403 e. The van der Waals surface area contributed by atoms with Gasteiger partial charge in [-0.15, -0.1) is 0 Å². The van der Waals surface area contributed by atoms with Crippen LogP contribution in [-0.2, 0) is 25.7 Å². The zero-order valence-corrected chi connectivity index (χ0v) is 16.7. The first-order valence-corrected chi connectivity index (χ1v) is 9.79. The number of hydrogen-bond donors (Lipinski definition) is 4. The van der Waals surface area contributed by atoms with Crippen LogP contribution in [0.5, 0.6) is 0 Å². The van der Waals surface area contributed by atoms with Gasteiger partial charge in [0.1, 0.15) is 5.70 Å². The molecule has 0 aromatic heterocycles. The van der Waals surface area contributed by atoms with Gasteiger partial charge >= 0.3 is 6.03 Å². The number of hydrazine groups is 1. The molecule has 0 atom stereocenters. The van der Waals surface area contributed by atoms with Crippen LogP contribution in [0.3, 0.4) is 0 Å². The first-order chi connectivity index (χ1) is 13.5. The number of nitrogens with two attached hydrogens (primary N) is 1. The number of nitrogens with zero attached hydrogens (tertiary/aromatic N) is 3. The Balaban J connectivity index is 1.64. The lowest BCUT2D eigenvalue weighted by atomic mass is 9.99. The van der Waals surface area contributed by atoms with Crippen molar-refractivity contribution in [3.8, 4) is 0 Å². The highest BCUT2D eigenvalue weighted by Gasteiger charge is 2.25. The fourth-order valence-corrected chi connectivity index (χ4v) is 3.85. The highest BCUT2D eigenvalue weighted by molar-refractivity contribution is 5.92. The quantitative estimate of drug-likeness (QED) is 0.423. The predicted octanol–water partition coefficient (Wildman–Crippen LogP) is 1.82. The van der Waals surface area contributed by atoms with E-state index in [2.05, 4.69) is 21.8 Å². The molecule has 0 radical (unpaired) electrons. The fourth-order valence-electron chi connectivity index (χ4n) is 3.85. The normalized spacial score (nSPS) is 15.8. The second-order valence-corrected chi connectivity index (χ2v) is 7.54. The van der Waals surface area contributed by atoms with Crippen LogP contribution in [0.2, 0.25) is 0 Å². The smallest absolute Gasteiger partial charge is 0.339 e. The number of rotatable bonds is 7. The van der Waals surface area contributed by atoms with Gasteiger partial charge in [-0.05, 0) is 74.9 Å². The molecule has 2 amide bonds. The van der Waals surface area contributed by atoms with E-state index in [1.54, 1.807) is 0 Å². The van der Waals surface area contributed by atoms with Crippen molar-refractivity contribution in [3.05, 3.63) is 40.2 Å². The number of benzene rings is 1. The van der Waals surface area contributed by atoms with E-state index in [1.807, 2.05) is 19.0 Å². The number of nitrogens with one attached hydrogen (secondary N) is 2. The van der Waals surface area contributed by atoms with E-state index in [0.29, 0.717) is 11.7 Å². The highest BCUT2D eigenvalue weighted by Crippen LogP contribution is 2.38. The molecule has 1 aromatic carbocycles. The second kappa shape index (κ2) is 9.07. The number of carbonyl (C=O) groups excluding carboxylic acids is 1. The van der Waals surface area contributed by atoms with Crippen molar-refractivity contribution < 1.29 is 10.0 Å². The molecule has 3 rings (SSSR count). The first-order valence-electron chi connectivity index (χ1n) is 9.79. The molecule has 5 N–H and O–H groups in total. The molecule has 2 aliphatic rings. The van der Waals surface area contributed by atoms with Gasteiger partial charge in [-0.1, -0.05) is 6.07 Å². The van der Waals surface area contributed by atoms with Gasteiger partial charge in [0.25, 0.3) is 0 Å². The van der Waals surface area contributed by atoms with Crippen molar-refractivity contribution >= 4 is 17.9 Å². The van der Waals surface area contributed by atoms with E-state index >= 15 is 0 Å². The van der Waals surface area contributed by atoms with Crippen LogP contribution in [0.4, 0.5) is 10.5 Å². The average Bonchev–Trinajstić information content (AvgIpc) is 3.30. The third kappa shape index (κ3) is 4.63. The maximum atomic E-state index is 12.5. The molecular formula is C20H30N6O2. The largest absolute Gasteiger partial charge is 0.403 e. The van der Waals surface area contributed by atoms with Crippen LogP contribution < -0.4 is 16.5 Å². The van der Waals surface area contributed by atoms with Gasteiger partial charge in [-0.25, -0.2) is 10.2 Å². The summed E-state index contributed by atoms with van der Waals surface area (Å²) < 4.78 is 0. The summed E-state index contributed by atoms with van der Waals surface area (Å²) in [7, 11) is 3.91. The minimum atomic E-state index is -0.502. The zero-order valence-electron chi connectivity index (χ0n) is 16.7. The molecule has 0 unspecified atom stereocenters. The number of hydroxylamine groups is 1. The molecular weight excluding hydrogens is 356 g/mol. The van der Waals surface area contributed by atoms with Crippen LogP contribution in [0.15, 0.2) is 23.0 Å². The van der Waals surface area contributed by atoms with Crippen LogP contribution in [-0.4, -0.2) is 54.7 Å². The van der Waals surface area contributed by atoms with Crippen molar-refractivity contribution in [3.63, 3.8) is 0 Å². The summed E-state index contributed by atoms with van der Waals surface area (Å²) in [5.74, 6) is 0. The van der Waals surface area contributed by atoms with E-state index in [1.165, 1.54) is 34.7 Å².